The van der Waals surface area contributed by atoms with E-state index in [1.807, 2.05) is 35.2 Å². The summed E-state index contributed by atoms with van der Waals surface area (Å²) in [4.78, 5) is 17.1. The number of rotatable bonds is 7. The van der Waals surface area contributed by atoms with Crippen LogP contribution in [0, 0.1) is 0 Å². The van der Waals surface area contributed by atoms with Gasteiger partial charge in [-0.3, -0.25) is 4.79 Å². The van der Waals surface area contributed by atoms with Gasteiger partial charge in [-0.1, -0.05) is 18.2 Å². The molecule has 1 aliphatic rings. The zero-order valence-electron chi connectivity index (χ0n) is 18.3. The van der Waals surface area contributed by atoms with Gasteiger partial charge in [0.2, 0.25) is 11.5 Å². The highest BCUT2D eigenvalue weighted by Crippen LogP contribution is 2.39. The molecule has 9 heteroatoms. The lowest BCUT2D eigenvalue weighted by Gasteiger charge is -2.29. The minimum Gasteiger partial charge on any atom is -0.493 e. The summed E-state index contributed by atoms with van der Waals surface area (Å²) in [7, 11) is 4.51. The molecule has 1 aliphatic heterocycles. The third-order valence-electron chi connectivity index (χ3n) is 5.49. The van der Waals surface area contributed by atoms with Crippen molar-refractivity contribution >= 4 is 11.6 Å². The van der Waals surface area contributed by atoms with Gasteiger partial charge in [0.05, 0.1) is 33.1 Å². The molecule has 0 bridgehead atoms. The second kappa shape index (κ2) is 9.27. The highest BCUT2D eigenvalue weighted by Gasteiger charge is 2.29. The molecular formula is C23H26N4O5. The Balaban J connectivity index is 1.79. The van der Waals surface area contributed by atoms with Crippen molar-refractivity contribution < 1.29 is 24.1 Å². The summed E-state index contributed by atoms with van der Waals surface area (Å²) in [5, 5.41) is 19.1. The third-order valence-corrected chi connectivity index (χ3v) is 5.49. The number of ether oxygens (including phenoxy) is 3. The van der Waals surface area contributed by atoms with E-state index in [0.717, 1.165) is 5.69 Å². The van der Waals surface area contributed by atoms with Crippen molar-refractivity contribution in [2.45, 2.75) is 18.9 Å². The molecule has 3 aromatic rings. The standard InChI is InChI=1S/C23H26N4O5/c1-30-18-13-15(14-19(31-2)22(18)32-3)21(29)20-23(26-11-9-17(28)10-12-26)25-27(24-20)16-7-5-4-6-8-16/h4-8,13-14,17,28H,9-12H2,1-3H3. The first-order valence-corrected chi connectivity index (χ1v) is 10.4. The monoisotopic (exact) mass is 438 g/mol. The molecule has 9 nitrogen and oxygen atoms in total. The molecular weight excluding hydrogens is 412 g/mol. The lowest BCUT2D eigenvalue weighted by molar-refractivity contribution is 0.103. The van der Waals surface area contributed by atoms with Crippen molar-refractivity contribution in [1.29, 1.82) is 0 Å². The molecule has 0 aliphatic carbocycles. The third kappa shape index (κ3) is 4.11. The Bertz CT molecular complexity index is 1070. The van der Waals surface area contributed by atoms with Crippen LogP contribution in [0.3, 0.4) is 0 Å². The number of aliphatic hydroxyl groups excluding tert-OH is 1. The van der Waals surface area contributed by atoms with E-state index in [2.05, 4.69) is 10.2 Å². The van der Waals surface area contributed by atoms with E-state index in [-0.39, 0.29) is 17.6 Å². The molecule has 168 valence electrons. The highest BCUT2D eigenvalue weighted by atomic mass is 16.5. The molecule has 0 atom stereocenters. The summed E-state index contributed by atoms with van der Waals surface area (Å²) < 4.78 is 16.2. The van der Waals surface area contributed by atoms with E-state index in [0.29, 0.717) is 54.6 Å². The fourth-order valence-electron chi connectivity index (χ4n) is 3.76. The van der Waals surface area contributed by atoms with Gasteiger partial charge in [-0.05, 0) is 37.1 Å². The van der Waals surface area contributed by atoms with Crippen molar-refractivity contribution in [3.05, 3.63) is 53.7 Å². The van der Waals surface area contributed by atoms with Gasteiger partial charge in [-0.15, -0.1) is 15.0 Å². The second-order valence-corrected chi connectivity index (χ2v) is 7.46. The quantitative estimate of drug-likeness (QED) is 0.562. The first kappa shape index (κ1) is 21.6. The molecule has 2 heterocycles. The molecule has 1 aromatic heterocycles. The van der Waals surface area contributed by atoms with Crippen molar-refractivity contribution in [2.24, 2.45) is 0 Å². The average molecular weight is 438 g/mol. The lowest BCUT2D eigenvalue weighted by atomic mass is 10.0. The van der Waals surface area contributed by atoms with Gasteiger partial charge in [0.1, 0.15) is 0 Å². The number of nitrogens with zero attached hydrogens (tertiary/aromatic N) is 4. The maximum atomic E-state index is 13.6. The van der Waals surface area contributed by atoms with Crippen LogP contribution in [0.5, 0.6) is 17.2 Å². The Morgan fingerprint density at radius 3 is 2.16 bits per heavy atom. The van der Waals surface area contributed by atoms with Gasteiger partial charge in [-0.25, -0.2) is 0 Å². The minimum atomic E-state index is -0.343. The average Bonchev–Trinajstić information content (AvgIpc) is 3.29. The van der Waals surface area contributed by atoms with E-state index in [1.165, 1.54) is 26.1 Å². The summed E-state index contributed by atoms with van der Waals surface area (Å²) in [5.41, 5.74) is 1.31. The Kier molecular flexibility index (Phi) is 6.27. The fraction of sp³-hybridized carbons (Fsp3) is 0.348. The number of methoxy groups -OCH3 is 3. The van der Waals surface area contributed by atoms with Crippen molar-refractivity contribution in [3.8, 4) is 22.9 Å². The van der Waals surface area contributed by atoms with Crippen LogP contribution in [0.1, 0.15) is 28.9 Å². The van der Waals surface area contributed by atoms with Gasteiger partial charge in [0, 0.05) is 18.7 Å². The predicted octanol–water partition coefficient (Wildman–Crippen LogP) is 2.49. The molecule has 0 radical (unpaired) electrons. The normalized spacial score (nSPS) is 14.3. The minimum absolute atomic E-state index is 0.222. The van der Waals surface area contributed by atoms with Gasteiger partial charge >= 0.3 is 0 Å². The smallest absolute Gasteiger partial charge is 0.217 e. The van der Waals surface area contributed by atoms with Crippen LogP contribution in [0.25, 0.3) is 5.69 Å². The number of anilines is 1. The SMILES string of the molecule is COc1cc(C(=O)c2nn(-c3ccccc3)nc2N2CCC(O)CC2)cc(OC)c1OC. The predicted molar refractivity (Wildman–Crippen MR) is 118 cm³/mol. The number of para-hydroxylation sites is 1. The Morgan fingerprint density at radius 2 is 1.59 bits per heavy atom. The highest BCUT2D eigenvalue weighted by molar-refractivity contribution is 6.11. The van der Waals surface area contributed by atoms with Crippen LogP contribution in [0.4, 0.5) is 5.82 Å². The molecule has 0 saturated carbocycles. The van der Waals surface area contributed by atoms with Crippen LogP contribution >= 0.6 is 0 Å². The molecule has 0 amide bonds. The van der Waals surface area contributed by atoms with Crippen LogP contribution in [0.2, 0.25) is 0 Å². The summed E-state index contributed by atoms with van der Waals surface area (Å²) in [6.45, 7) is 1.17. The van der Waals surface area contributed by atoms with Gasteiger partial charge < -0.3 is 24.2 Å². The van der Waals surface area contributed by atoms with E-state index < -0.39 is 0 Å². The number of aliphatic hydroxyl groups is 1. The first-order chi connectivity index (χ1) is 15.5. The van der Waals surface area contributed by atoms with Crippen molar-refractivity contribution in [3.63, 3.8) is 0 Å². The lowest BCUT2D eigenvalue weighted by Crippen LogP contribution is -2.36. The Hall–Kier alpha value is -3.59. The van der Waals surface area contributed by atoms with Crippen LogP contribution < -0.4 is 19.1 Å². The number of ketones is 1. The molecule has 1 N–H and O–H groups in total. The van der Waals surface area contributed by atoms with Crippen LogP contribution in [-0.4, -0.2) is 66.4 Å². The van der Waals surface area contributed by atoms with E-state index >= 15 is 0 Å². The van der Waals surface area contributed by atoms with Crippen molar-refractivity contribution in [1.82, 2.24) is 15.0 Å². The van der Waals surface area contributed by atoms with Gasteiger partial charge in [0.15, 0.2) is 23.0 Å². The molecule has 0 unspecified atom stereocenters. The largest absolute Gasteiger partial charge is 0.493 e. The Labute approximate surface area is 186 Å². The first-order valence-electron chi connectivity index (χ1n) is 10.4. The summed E-state index contributed by atoms with van der Waals surface area (Å²) in [5.74, 6) is 1.35. The Morgan fingerprint density at radius 1 is 0.969 bits per heavy atom. The van der Waals surface area contributed by atoms with Crippen molar-refractivity contribution in [2.75, 3.05) is 39.3 Å². The van der Waals surface area contributed by atoms with Gasteiger partial charge in [-0.2, -0.15) is 0 Å². The molecule has 1 fully saturated rings. The van der Waals surface area contributed by atoms with Gasteiger partial charge in [0.25, 0.3) is 0 Å². The number of carbonyl (C=O) groups excluding carboxylic acids is 1. The van der Waals surface area contributed by atoms with Crippen LogP contribution in [-0.2, 0) is 0 Å². The van der Waals surface area contributed by atoms with Crippen LogP contribution in [0.15, 0.2) is 42.5 Å². The number of aromatic nitrogens is 3. The zero-order valence-corrected chi connectivity index (χ0v) is 18.3. The van der Waals surface area contributed by atoms with E-state index in [4.69, 9.17) is 14.2 Å². The number of hydrogen-bond acceptors (Lipinski definition) is 8. The summed E-state index contributed by atoms with van der Waals surface area (Å²) in [6.07, 6.45) is 0.871. The molecule has 2 aromatic carbocycles. The maximum Gasteiger partial charge on any atom is 0.217 e. The second-order valence-electron chi connectivity index (χ2n) is 7.46. The number of carbonyl (C=O) groups is 1. The molecule has 32 heavy (non-hydrogen) atoms. The zero-order chi connectivity index (χ0) is 22.7. The molecule has 1 saturated heterocycles. The fourth-order valence-corrected chi connectivity index (χ4v) is 3.76. The van der Waals surface area contributed by atoms with E-state index in [9.17, 15) is 9.90 Å². The molecule has 0 spiro atoms. The summed E-state index contributed by atoms with van der Waals surface area (Å²) >= 11 is 0. The maximum absolute atomic E-state index is 13.6. The number of benzene rings is 2. The number of hydrogen-bond donors (Lipinski definition) is 1. The number of piperidine rings is 1. The van der Waals surface area contributed by atoms with E-state index in [1.54, 1.807) is 12.1 Å². The topological polar surface area (TPSA) is 98.9 Å². The molecule has 4 rings (SSSR count). The summed E-state index contributed by atoms with van der Waals surface area (Å²) in [6, 6.07) is 12.6.